The van der Waals surface area contributed by atoms with Gasteiger partial charge in [-0.1, -0.05) is 27.7 Å². The van der Waals surface area contributed by atoms with Crippen LogP contribution in [-0.2, 0) is 9.53 Å². The summed E-state index contributed by atoms with van der Waals surface area (Å²) in [6, 6.07) is 0. The Morgan fingerprint density at radius 2 is 1.57 bits per heavy atom. The molecule has 84 valence electrons. The molecule has 0 unspecified atom stereocenters. The number of ketones is 1. The molecule has 2 nitrogen and oxygen atoms in total. The molecule has 0 radical (unpaired) electrons. The lowest BCUT2D eigenvalue weighted by molar-refractivity contribution is -0.146. The molecule has 0 aliphatic heterocycles. The van der Waals surface area contributed by atoms with Crippen LogP contribution < -0.4 is 0 Å². The highest BCUT2D eigenvalue weighted by Gasteiger charge is 2.37. The van der Waals surface area contributed by atoms with Gasteiger partial charge in [-0.25, -0.2) is 0 Å². The Balaban J connectivity index is 4.73. The second kappa shape index (κ2) is 6.18. The molecule has 14 heavy (non-hydrogen) atoms. The minimum Gasteiger partial charge on any atom is -0.370 e. The maximum Gasteiger partial charge on any atom is 0.167 e. The van der Waals surface area contributed by atoms with E-state index in [1.807, 2.05) is 13.8 Å². The molecule has 0 saturated carbocycles. The zero-order valence-electron chi connectivity index (χ0n) is 10.2. The lowest BCUT2D eigenvalue weighted by atomic mass is 9.82. The van der Waals surface area contributed by atoms with Gasteiger partial charge in [-0.3, -0.25) is 4.79 Å². The molecule has 0 rings (SSSR count). The number of carbonyl (C=O) groups is 1. The largest absolute Gasteiger partial charge is 0.370 e. The Labute approximate surface area is 88.0 Å². The van der Waals surface area contributed by atoms with Crippen molar-refractivity contribution in [3.8, 4) is 0 Å². The van der Waals surface area contributed by atoms with Crippen LogP contribution in [0.15, 0.2) is 0 Å². The fourth-order valence-corrected chi connectivity index (χ4v) is 2.02. The van der Waals surface area contributed by atoms with Gasteiger partial charge in [-0.2, -0.15) is 0 Å². The van der Waals surface area contributed by atoms with E-state index in [0.717, 1.165) is 25.7 Å². The number of carbonyl (C=O) groups excluding carboxylic acids is 1. The van der Waals surface area contributed by atoms with Crippen molar-refractivity contribution in [2.45, 2.75) is 59.0 Å². The molecule has 0 heterocycles. The van der Waals surface area contributed by atoms with Gasteiger partial charge in [-0.15, -0.1) is 0 Å². The van der Waals surface area contributed by atoms with Crippen LogP contribution in [0.5, 0.6) is 0 Å². The van der Waals surface area contributed by atoms with E-state index < -0.39 is 5.60 Å². The van der Waals surface area contributed by atoms with E-state index in [0.29, 0.717) is 0 Å². The van der Waals surface area contributed by atoms with E-state index in [1.165, 1.54) is 0 Å². The number of methoxy groups -OCH3 is 1. The Morgan fingerprint density at radius 3 is 1.79 bits per heavy atom. The highest BCUT2D eigenvalue weighted by Crippen LogP contribution is 2.27. The van der Waals surface area contributed by atoms with Crippen LogP contribution in [0.3, 0.4) is 0 Å². The van der Waals surface area contributed by atoms with Crippen LogP contribution in [0.4, 0.5) is 0 Å². The molecule has 0 aromatic rings. The lowest BCUT2D eigenvalue weighted by Gasteiger charge is -2.31. The van der Waals surface area contributed by atoms with Crippen molar-refractivity contribution in [3.63, 3.8) is 0 Å². The van der Waals surface area contributed by atoms with Gasteiger partial charge in [0.1, 0.15) is 5.60 Å². The summed E-state index contributed by atoms with van der Waals surface area (Å²) in [5.41, 5.74) is -0.531. The summed E-state index contributed by atoms with van der Waals surface area (Å²) in [4.78, 5) is 12.2. The minimum absolute atomic E-state index is 0.162. The van der Waals surface area contributed by atoms with Gasteiger partial charge in [0.05, 0.1) is 0 Å². The Morgan fingerprint density at radius 1 is 1.14 bits per heavy atom. The van der Waals surface area contributed by atoms with Crippen molar-refractivity contribution in [2.24, 2.45) is 5.92 Å². The van der Waals surface area contributed by atoms with Gasteiger partial charge >= 0.3 is 0 Å². The van der Waals surface area contributed by atoms with Crippen LogP contribution in [-0.4, -0.2) is 18.5 Å². The van der Waals surface area contributed by atoms with E-state index in [1.54, 1.807) is 7.11 Å². The highest BCUT2D eigenvalue weighted by molar-refractivity contribution is 5.89. The molecule has 0 saturated heterocycles. The predicted octanol–water partition coefficient (Wildman–Crippen LogP) is 3.20. The fraction of sp³-hybridized carbons (Fsp3) is 0.917. The third-order valence-electron chi connectivity index (χ3n) is 3.34. The van der Waals surface area contributed by atoms with Crippen LogP contribution in [0.2, 0.25) is 0 Å². The highest BCUT2D eigenvalue weighted by atomic mass is 16.5. The van der Waals surface area contributed by atoms with Crippen LogP contribution in [0.1, 0.15) is 53.4 Å². The first-order chi connectivity index (χ1) is 6.61. The molecule has 0 aliphatic carbocycles. The maximum atomic E-state index is 12.2. The normalized spacial score (nSPS) is 12.1. The average Bonchev–Trinajstić information content (AvgIpc) is 2.23. The fourth-order valence-electron chi connectivity index (χ4n) is 2.02. The Kier molecular flexibility index (Phi) is 6.01. The van der Waals surface area contributed by atoms with Gasteiger partial charge in [0.25, 0.3) is 0 Å². The van der Waals surface area contributed by atoms with E-state index in [4.69, 9.17) is 4.74 Å². The van der Waals surface area contributed by atoms with Crippen LogP contribution in [0, 0.1) is 5.92 Å². The van der Waals surface area contributed by atoms with Crippen molar-refractivity contribution in [1.29, 1.82) is 0 Å². The summed E-state index contributed by atoms with van der Waals surface area (Å²) < 4.78 is 5.43. The maximum absolute atomic E-state index is 12.2. The molecule has 0 aromatic heterocycles. The van der Waals surface area contributed by atoms with Crippen molar-refractivity contribution in [2.75, 3.05) is 7.11 Å². The molecule has 0 N–H and O–H groups in total. The summed E-state index contributed by atoms with van der Waals surface area (Å²) in [5.74, 6) is 0.449. The molecular weight excluding hydrogens is 176 g/mol. The zero-order chi connectivity index (χ0) is 11.2. The summed E-state index contributed by atoms with van der Waals surface area (Å²) in [7, 11) is 1.65. The average molecular weight is 200 g/mol. The van der Waals surface area contributed by atoms with Gasteiger partial charge in [-0.05, 0) is 25.7 Å². The molecule has 0 amide bonds. The standard InChI is InChI=1S/C12H24O2/c1-6-10(7-2)11(13)12(8-3,9-4)14-5/h10H,6-9H2,1-5H3. The summed E-state index contributed by atoms with van der Waals surface area (Å²) in [5, 5.41) is 0. The minimum atomic E-state index is -0.531. The topological polar surface area (TPSA) is 26.3 Å². The van der Waals surface area contributed by atoms with E-state index in [2.05, 4.69) is 13.8 Å². The lowest BCUT2D eigenvalue weighted by Crippen LogP contribution is -2.43. The summed E-state index contributed by atoms with van der Waals surface area (Å²) >= 11 is 0. The molecule has 0 fully saturated rings. The van der Waals surface area contributed by atoms with Crippen molar-refractivity contribution >= 4 is 5.78 Å². The first-order valence-corrected chi connectivity index (χ1v) is 5.71. The number of rotatable bonds is 7. The molecule has 2 heteroatoms. The molecule has 0 aromatic carbocycles. The second-order valence-electron chi connectivity index (χ2n) is 3.78. The van der Waals surface area contributed by atoms with Crippen molar-refractivity contribution in [1.82, 2.24) is 0 Å². The van der Waals surface area contributed by atoms with Gasteiger partial charge < -0.3 is 4.74 Å². The smallest absolute Gasteiger partial charge is 0.167 e. The quantitative estimate of drug-likeness (QED) is 0.631. The molecule has 0 atom stereocenters. The van der Waals surface area contributed by atoms with Gasteiger partial charge in [0.2, 0.25) is 0 Å². The first-order valence-electron chi connectivity index (χ1n) is 5.71. The van der Waals surface area contributed by atoms with E-state index in [-0.39, 0.29) is 11.7 Å². The zero-order valence-corrected chi connectivity index (χ0v) is 10.2. The Bertz CT molecular complexity index is 159. The third kappa shape index (κ3) is 2.57. The second-order valence-corrected chi connectivity index (χ2v) is 3.78. The first kappa shape index (κ1) is 13.6. The third-order valence-corrected chi connectivity index (χ3v) is 3.34. The van der Waals surface area contributed by atoms with Crippen molar-refractivity contribution < 1.29 is 9.53 Å². The number of Topliss-reactive ketones (excluding diaryl/α,β-unsaturated/α-hetero) is 1. The number of hydrogen-bond acceptors (Lipinski definition) is 2. The van der Waals surface area contributed by atoms with Crippen LogP contribution >= 0.6 is 0 Å². The van der Waals surface area contributed by atoms with E-state index >= 15 is 0 Å². The van der Waals surface area contributed by atoms with Crippen LogP contribution in [0.25, 0.3) is 0 Å². The molecular formula is C12H24O2. The predicted molar refractivity (Wildman–Crippen MR) is 59.4 cm³/mol. The number of ether oxygens (including phenoxy) is 1. The molecule has 0 spiro atoms. The SMILES string of the molecule is CCC(CC)C(=O)C(CC)(CC)OC. The number of hydrogen-bond donors (Lipinski definition) is 0. The molecule has 0 aliphatic rings. The summed E-state index contributed by atoms with van der Waals surface area (Å²) in [6.07, 6.45) is 3.38. The van der Waals surface area contributed by atoms with Gasteiger partial charge in [0.15, 0.2) is 5.78 Å². The Hall–Kier alpha value is -0.370. The summed E-state index contributed by atoms with van der Waals surface area (Å²) in [6.45, 7) is 8.18. The van der Waals surface area contributed by atoms with Crippen molar-refractivity contribution in [3.05, 3.63) is 0 Å². The van der Waals surface area contributed by atoms with E-state index in [9.17, 15) is 4.79 Å². The monoisotopic (exact) mass is 200 g/mol. The van der Waals surface area contributed by atoms with Gasteiger partial charge in [0, 0.05) is 13.0 Å². The molecule has 0 bridgehead atoms.